The third-order valence-electron chi connectivity index (χ3n) is 1.97. The first-order valence-corrected chi connectivity index (χ1v) is 4.32. The van der Waals surface area contributed by atoms with Crippen LogP contribution in [-0.4, -0.2) is 25.7 Å². The summed E-state index contributed by atoms with van der Waals surface area (Å²) in [4.78, 5) is 0. The zero-order valence-corrected chi connectivity index (χ0v) is 6.97. The normalized spacial score (nSPS) is 26.1. The maximum Gasteiger partial charge on any atom is 0.0195 e. The first-order valence-electron chi connectivity index (χ1n) is 4.32. The van der Waals surface area contributed by atoms with Crippen LogP contribution in [0.1, 0.15) is 12.8 Å². The van der Waals surface area contributed by atoms with Gasteiger partial charge < -0.3 is 10.6 Å². The van der Waals surface area contributed by atoms with Gasteiger partial charge in [0, 0.05) is 25.7 Å². The summed E-state index contributed by atoms with van der Waals surface area (Å²) < 4.78 is 0. The predicted molar refractivity (Wildman–Crippen MR) is 48.4 cm³/mol. The smallest absolute Gasteiger partial charge is 0.0195 e. The number of hydrogen-bond acceptors (Lipinski definition) is 2. The molecular weight excluding hydrogens is 136 g/mol. The van der Waals surface area contributed by atoms with Crippen LogP contribution in [0.2, 0.25) is 0 Å². The van der Waals surface area contributed by atoms with E-state index in [-0.39, 0.29) is 0 Å². The lowest BCUT2D eigenvalue weighted by Gasteiger charge is -2.23. The van der Waals surface area contributed by atoms with Crippen molar-refractivity contribution in [3.8, 4) is 0 Å². The number of piperazine rings is 1. The molecular formula is C9H17N2. The van der Waals surface area contributed by atoms with Gasteiger partial charge in [0.25, 0.3) is 0 Å². The van der Waals surface area contributed by atoms with Crippen LogP contribution < -0.4 is 10.6 Å². The molecule has 0 bridgehead atoms. The van der Waals surface area contributed by atoms with Crippen molar-refractivity contribution >= 4 is 0 Å². The minimum absolute atomic E-state index is 0.667. The van der Waals surface area contributed by atoms with Gasteiger partial charge in [-0.25, -0.2) is 0 Å². The molecule has 1 radical (unpaired) electrons. The molecule has 2 heteroatoms. The fourth-order valence-corrected chi connectivity index (χ4v) is 1.33. The maximum absolute atomic E-state index is 3.65. The van der Waals surface area contributed by atoms with Gasteiger partial charge in [0.15, 0.2) is 0 Å². The van der Waals surface area contributed by atoms with Crippen LogP contribution in [0.25, 0.3) is 0 Å². The second kappa shape index (κ2) is 5.33. The zero-order valence-electron chi connectivity index (χ0n) is 6.97. The predicted octanol–water partition coefficient (Wildman–Crippen LogP) is 0.718. The Labute approximate surface area is 69.1 Å². The van der Waals surface area contributed by atoms with E-state index in [1.165, 1.54) is 6.42 Å². The molecule has 0 spiro atoms. The standard InChI is InChI=1S/C9H17N2/c1-2-3-4-5-9-8-10-6-7-11-9/h2-3,9-11H,1,4-8H2. The lowest BCUT2D eigenvalue weighted by molar-refractivity contribution is 0.401. The van der Waals surface area contributed by atoms with Crippen molar-refractivity contribution in [3.63, 3.8) is 0 Å². The van der Waals surface area contributed by atoms with E-state index in [2.05, 4.69) is 23.6 Å². The molecule has 1 rings (SSSR count). The summed E-state index contributed by atoms with van der Waals surface area (Å²) in [6, 6.07) is 0.667. The molecule has 0 aromatic heterocycles. The Bertz CT molecular complexity index is 115. The highest BCUT2D eigenvalue weighted by Crippen LogP contribution is 1.99. The number of rotatable bonds is 3. The molecule has 0 saturated carbocycles. The minimum atomic E-state index is 0.667. The van der Waals surface area contributed by atoms with Crippen molar-refractivity contribution < 1.29 is 0 Å². The molecule has 1 unspecified atom stereocenters. The number of hydrogen-bond donors (Lipinski definition) is 2. The highest BCUT2D eigenvalue weighted by molar-refractivity contribution is 4.86. The summed E-state index contributed by atoms with van der Waals surface area (Å²) in [5, 5.41) is 6.82. The molecule has 11 heavy (non-hydrogen) atoms. The zero-order chi connectivity index (χ0) is 7.94. The fourth-order valence-electron chi connectivity index (χ4n) is 1.33. The lowest BCUT2D eigenvalue weighted by atomic mass is 10.1. The van der Waals surface area contributed by atoms with Crippen LogP contribution in [0.15, 0.2) is 12.2 Å². The van der Waals surface area contributed by atoms with Crippen molar-refractivity contribution in [1.82, 2.24) is 10.6 Å². The molecule has 1 heterocycles. The minimum Gasteiger partial charge on any atom is -0.314 e. The van der Waals surface area contributed by atoms with Gasteiger partial charge in [0.1, 0.15) is 0 Å². The summed E-state index contributed by atoms with van der Waals surface area (Å²) in [5.74, 6) is 0. The summed E-state index contributed by atoms with van der Waals surface area (Å²) in [6.45, 7) is 6.99. The Balaban J connectivity index is 2.04. The Morgan fingerprint density at radius 1 is 1.45 bits per heavy atom. The van der Waals surface area contributed by atoms with E-state index < -0.39 is 0 Å². The molecule has 63 valence electrons. The molecule has 0 aromatic rings. The molecule has 2 N–H and O–H groups in total. The van der Waals surface area contributed by atoms with Gasteiger partial charge in [-0.15, -0.1) is 0 Å². The Kier molecular flexibility index (Phi) is 4.24. The van der Waals surface area contributed by atoms with Crippen molar-refractivity contribution in [2.45, 2.75) is 18.9 Å². The third-order valence-corrected chi connectivity index (χ3v) is 1.97. The van der Waals surface area contributed by atoms with E-state index in [4.69, 9.17) is 0 Å². The second-order valence-corrected chi connectivity index (χ2v) is 2.90. The van der Waals surface area contributed by atoms with Crippen LogP contribution in [0.4, 0.5) is 0 Å². The first kappa shape index (κ1) is 8.75. The molecule has 2 nitrogen and oxygen atoms in total. The van der Waals surface area contributed by atoms with E-state index in [9.17, 15) is 0 Å². The molecule has 1 fully saturated rings. The lowest BCUT2D eigenvalue weighted by Crippen LogP contribution is -2.48. The van der Waals surface area contributed by atoms with Crippen molar-refractivity contribution in [1.29, 1.82) is 0 Å². The van der Waals surface area contributed by atoms with Gasteiger partial charge in [-0.3, -0.25) is 0 Å². The SMILES string of the molecule is [CH2]C=CCCC1CNCCN1. The molecule has 0 aliphatic carbocycles. The van der Waals surface area contributed by atoms with Gasteiger partial charge in [-0.2, -0.15) is 0 Å². The third kappa shape index (κ3) is 3.54. The molecule has 0 aromatic carbocycles. The summed E-state index contributed by atoms with van der Waals surface area (Å²) in [7, 11) is 0. The van der Waals surface area contributed by atoms with Crippen LogP contribution in [-0.2, 0) is 0 Å². The van der Waals surface area contributed by atoms with E-state index in [0.717, 1.165) is 26.1 Å². The van der Waals surface area contributed by atoms with E-state index in [1.54, 1.807) is 0 Å². The topological polar surface area (TPSA) is 24.1 Å². The molecule has 1 saturated heterocycles. The van der Waals surface area contributed by atoms with E-state index >= 15 is 0 Å². The van der Waals surface area contributed by atoms with Crippen LogP contribution >= 0.6 is 0 Å². The maximum atomic E-state index is 3.65. The van der Waals surface area contributed by atoms with Crippen LogP contribution in [0.3, 0.4) is 0 Å². The summed E-state index contributed by atoms with van der Waals surface area (Å²) in [5.41, 5.74) is 0. The van der Waals surface area contributed by atoms with E-state index in [0.29, 0.717) is 6.04 Å². The van der Waals surface area contributed by atoms with Gasteiger partial charge in [0.05, 0.1) is 0 Å². The largest absolute Gasteiger partial charge is 0.314 e. The molecule has 1 aliphatic rings. The number of allylic oxidation sites excluding steroid dienone is 2. The molecule has 1 atom stereocenters. The highest BCUT2D eigenvalue weighted by Gasteiger charge is 2.09. The van der Waals surface area contributed by atoms with Gasteiger partial charge in [-0.05, 0) is 19.8 Å². The second-order valence-electron chi connectivity index (χ2n) is 2.90. The van der Waals surface area contributed by atoms with Crippen LogP contribution in [0, 0.1) is 6.92 Å². The summed E-state index contributed by atoms with van der Waals surface area (Å²) in [6.07, 6.45) is 6.36. The Morgan fingerprint density at radius 2 is 2.36 bits per heavy atom. The van der Waals surface area contributed by atoms with Gasteiger partial charge in [-0.1, -0.05) is 12.2 Å². The quantitative estimate of drug-likeness (QED) is 0.624. The summed E-state index contributed by atoms with van der Waals surface area (Å²) >= 11 is 0. The van der Waals surface area contributed by atoms with Gasteiger partial charge >= 0.3 is 0 Å². The molecule has 1 aliphatic heterocycles. The van der Waals surface area contributed by atoms with Crippen LogP contribution in [0.5, 0.6) is 0 Å². The average molecular weight is 153 g/mol. The van der Waals surface area contributed by atoms with Gasteiger partial charge in [0.2, 0.25) is 0 Å². The first-order chi connectivity index (χ1) is 5.43. The fraction of sp³-hybridized carbons (Fsp3) is 0.667. The van der Waals surface area contributed by atoms with E-state index in [1.807, 2.05) is 6.08 Å². The van der Waals surface area contributed by atoms with Crippen molar-refractivity contribution in [2.75, 3.05) is 19.6 Å². The molecule has 0 amide bonds. The van der Waals surface area contributed by atoms with Crippen molar-refractivity contribution in [3.05, 3.63) is 19.1 Å². The number of nitrogens with one attached hydrogen (secondary N) is 2. The Morgan fingerprint density at radius 3 is 3.00 bits per heavy atom. The highest BCUT2D eigenvalue weighted by atomic mass is 15.0. The van der Waals surface area contributed by atoms with Crippen molar-refractivity contribution in [2.24, 2.45) is 0 Å². The average Bonchev–Trinajstić information content (AvgIpc) is 2.07. The monoisotopic (exact) mass is 153 g/mol. The Hall–Kier alpha value is -0.340.